The number of fused-ring (bicyclic) bond motifs is 8. The molecule has 0 radical (unpaired) electrons. The first-order valence-electron chi connectivity index (χ1n) is 10.2. The number of hydrogen-bond donors (Lipinski definition) is 0. The van der Waals surface area contributed by atoms with Crippen LogP contribution in [0.5, 0.6) is 0 Å². The number of rotatable bonds is 0. The van der Waals surface area contributed by atoms with E-state index in [1.54, 1.807) is 0 Å². The maximum Gasteiger partial charge on any atom is 0.308 e. The van der Waals surface area contributed by atoms with Crippen LogP contribution in [0.1, 0.15) is 0 Å². The highest BCUT2D eigenvalue weighted by atomic mass is 15.4. The molecular weight excluding hydrogens is 366 g/mol. The highest BCUT2D eigenvalue weighted by Crippen LogP contribution is 2.40. The second-order valence-electron chi connectivity index (χ2n) is 7.98. The molecule has 5 aromatic carbocycles. The van der Waals surface area contributed by atoms with Crippen LogP contribution in [0.25, 0.3) is 48.9 Å². The highest BCUT2D eigenvalue weighted by Gasteiger charge is 2.31. The van der Waals surface area contributed by atoms with Gasteiger partial charge >= 0.3 is 5.82 Å². The Kier molecular flexibility index (Phi) is 2.94. The number of aromatic nitrogens is 2. The summed E-state index contributed by atoms with van der Waals surface area (Å²) in [6.45, 7) is 0. The summed E-state index contributed by atoms with van der Waals surface area (Å²) in [5.41, 5.74) is 3.39. The maximum atomic E-state index is 5.24. The van der Waals surface area contributed by atoms with Crippen LogP contribution in [0.15, 0.2) is 91.0 Å². The summed E-state index contributed by atoms with van der Waals surface area (Å²) in [6, 6.07) is 32.5. The van der Waals surface area contributed by atoms with Crippen LogP contribution in [0, 0.1) is 0 Å². The summed E-state index contributed by atoms with van der Waals surface area (Å²) in [5.74, 6) is 1.08. The minimum atomic E-state index is 1.04. The Hall–Kier alpha value is -3.98. The molecule has 0 spiro atoms. The fraction of sp³-hybridized carbons (Fsp3) is 0.0370. The Morgan fingerprint density at radius 2 is 1.30 bits per heavy atom. The standard InChI is InChI=1S/C27H18N3/c1-29-23-14-6-8-17-9-7-15-24(26(17)23)30-25(29)16-22-20-12-3-2-10-18(20)19-11-4-5-13-21(19)27(22)28-30/h2-16H,1H3/q+1. The van der Waals surface area contributed by atoms with Crippen LogP contribution >= 0.6 is 0 Å². The lowest BCUT2D eigenvalue weighted by Gasteiger charge is -2.22. The Bertz CT molecular complexity index is 1660. The average molecular weight is 384 g/mol. The molecule has 0 fully saturated rings. The summed E-state index contributed by atoms with van der Waals surface area (Å²) in [6.07, 6.45) is 0. The van der Waals surface area contributed by atoms with Gasteiger partial charge in [-0.05, 0) is 33.7 Å². The first-order chi connectivity index (χ1) is 14.8. The molecule has 3 heteroatoms. The molecule has 1 aromatic heterocycles. The van der Waals surface area contributed by atoms with E-state index in [1.165, 1.54) is 43.4 Å². The van der Waals surface area contributed by atoms with Crippen molar-refractivity contribution in [2.75, 3.05) is 11.9 Å². The largest absolute Gasteiger partial charge is 0.308 e. The molecule has 6 aromatic rings. The molecule has 7 rings (SSSR count). The highest BCUT2D eigenvalue weighted by molar-refractivity contribution is 6.24. The van der Waals surface area contributed by atoms with Crippen LogP contribution in [0.3, 0.4) is 0 Å². The number of hydrogen-bond acceptors (Lipinski definition) is 2. The normalized spacial score (nSPS) is 12.8. The zero-order chi connectivity index (χ0) is 19.8. The van der Waals surface area contributed by atoms with E-state index < -0.39 is 0 Å². The van der Waals surface area contributed by atoms with Crippen molar-refractivity contribution in [3.8, 4) is 5.69 Å². The van der Waals surface area contributed by atoms with Gasteiger partial charge in [-0.15, -0.1) is 0 Å². The molecule has 1 aliphatic heterocycles. The second kappa shape index (κ2) is 5.55. The van der Waals surface area contributed by atoms with Crippen molar-refractivity contribution >= 4 is 54.7 Å². The quantitative estimate of drug-likeness (QED) is 0.235. The smallest absolute Gasteiger partial charge is 0.227 e. The van der Waals surface area contributed by atoms with Crippen molar-refractivity contribution < 1.29 is 4.68 Å². The molecule has 0 bridgehead atoms. The summed E-state index contributed by atoms with van der Waals surface area (Å²) in [5, 5.41) is 13.9. The van der Waals surface area contributed by atoms with E-state index in [1.807, 2.05) is 0 Å². The molecule has 0 aliphatic carbocycles. The Morgan fingerprint density at radius 1 is 0.667 bits per heavy atom. The van der Waals surface area contributed by atoms with Gasteiger partial charge in [-0.2, -0.15) is 0 Å². The average Bonchev–Trinajstić information content (AvgIpc) is 2.82. The molecule has 0 saturated heterocycles. The van der Waals surface area contributed by atoms with Crippen molar-refractivity contribution in [2.24, 2.45) is 0 Å². The van der Waals surface area contributed by atoms with Gasteiger partial charge in [-0.1, -0.05) is 82.6 Å². The van der Waals surface area contributed by atoms with Crippen molar-refractivity contribution in [1.82, 2.24) is 5.10 Å². The molecule has 0 N–H and O–H groups in total. The lowest BCUT2D eigenvalue weighted by molar-refractivity contribution is -0.643. The van der Waals surface area contributed by atoms with Crippen LogP contribution in [0.2, 0.25) is 0 Å². The fourth-order valence-corrected chi connectivity index (χ4v) is 5.04. The summed E-state index contributed by atoms with van der Waals surface area (Å²) in [4.78, 5) is 2.26. The van der Waals surface area contributed by atoms with E-state index in [9.17, 15) is 0 Å². The third kappa shape index (κ3) is 1.89. The SMILES string of the molecule is CN1c2cccc3cccc(c23)-[n+]2nc3c4ccccc4c4ccccc4c3cc21. The van der Waals surface area contributed by atoms with Crippen LogP contribution in [-0.4, -0.2) is 12.1 Å². The monoisotopic (exact) mass is 384 g/mol. The van der Waals surface area contributed by atoms with Crippen molar-refractivity contribution in [2.45, 2.75) is 0 Å². The van der Waals surface area contributed by atoms with Gasteiger partial charge in [0.15, 0.2) is 5.69 Å². The molecular formula is C27H18N3+. The minimum absolute atomic E-state index is 1.04. The van der Waals surface area contributed by atoms with Gasteiger partial charge in [0.1, 0.15) is 11.2 Å². The topological polar surface area (TPSA) is 20.0 Å². The van der Waals surface area contributed by atoms with Gasteiger partial charge in [0.25, 0.3) is 0 Å². The molecule has 1 aliphatic rings. The lowest BCUT2D eigenvalue weighted by Crippen LogP contribution is -2.43. The van der Waals surface area contributed by atoms with Crippen LogP contribution in [-0.2, 0) is 0 Å². The summed E-state index contributed by atoms with van der Waals surface area (Å²) < 4.78 is 2.11. The van der Waals surface area contributed by atoms with E-state index in [0.717, 1.165) is 17.0 Å². The number of benzene rings is 5. The number of nitrogens with zero attached hydrogens (tertiary/aromatic N) is 3. The van der Waals surface area contributed by atoms with Crippen molar-refractivity contribution in [3.63, 3.8) is 0 Å². The first-order valence-corrected chi connectivity index (χ1v) is 10.2. The Labute approximate surface area is 173 Å². The van der Waals surface area contributed by atoms with Gasteiger partial charge in [-0.3, -0.25) is 0 Å². The predicted octanol–water partition coefficient (Wildman–Crippen LogP) is 6.05. The van der Waals surface area contributed by atoms with Crippen molar-refractivity contribution in [3.05, 3.63) is 91.0 Å². The third-order valence-electron chi connectivity index (χ3n) is 6.43. The lowest BCUT2D eigenvalue weighted by atomic mass is 9.97. The van der Waals surface area contributed by atoms with E-state index in [2.05, 4.69) is 108 Å². The third-order valence-corrected chi connectivity index (χ3v) is 6.43. The van der Waals surface area contributed by atoms with Gasteiger partial charge in [-0.25, -0.2) is 4.90 Å². The molecule has 0 amide bonds. The van der Waals surface area contributed by atoms with Gasteiger partial charge in [0.05, 0.1) is 12.4 Å². The molecule has 0 atom stereocenters. The van der Waals surface area contributed by atoms with Crippen LogP contribution in [0.4, 0.5) is 11.5 Å². The van der Waals surface area contributed by atoms with Crippen LogP contribution < -0.4 is 9.58 Å². The zero-order valence-electron chi connectivity index (χ0n) is 16.5. The van der Waals surface area contributed by atoms with Gasteiger partial charge in [0.2, 0.25) is 0 Å². The second-order valence-corrected chi connectivity index (χ2v) is 7.98. The first kappa shape index (κ1) is 15.9. The van der Waals surface area contributed by atoms with E-state index in [-0.39, 0.29) is 0 Å². The minimum Gasteiger partial charge on any atom is -0.227 e. The molecule has 0 unspecified atom stereocenters. The predicted molar refractivity (Wildman–Crippen MR) is 124 cm³/mol. The summed E-state index contributed by atoms with van der Waals surface area (Å²) in [7, 11) is 2.13. The van der Waals surface area contributed by atoms with E-state index >= 15 is 0 Å². The Morgan fingerprint density at radius 3 is 2.07 bits per heavy atom. The molecule has 30 heavy (non-hydrogen) atoms. The fourth-order valence-electron chi connectivity index (χ4n) is 5.04. The number of anilines is 2. The van der Waals surface area contributed by atoms with E-state index in [0.29, 0.717) is 0 Å². The molecule has 0 saturated carbocycles. The van der Waals surface area contributed by atoms with Gasteiger partial charge < -0.3 is 0 Å². The zero-order valence-corrected chi connectivity index (χ0v) is 16.5. The molecule has 140 valence electrons. The van der Waals surface area contributed by atoms with Gasteiger partial charge in [0, 0.05) is 16.8 Å². The Balaban J connectivity index is 1.73. The maximum absolute atomic E-state index is 5.24. The summed E-state index contributed by atoms with van der Waals surface area (Å²) >= 11 is 0. The molecule has 3 nitrogen and oxygen atoms in total. The van der Waals surface area contributed by atoms with Crippen molar-refractivity contribution in [1.29, 1.82) is 0 Å². The molecule has 2 heterocycles. The van der Waals surface area contributed by atoms with E-state index in [4.69, 9.17) is 5.10 Å².